The quantitative estimate of drug-likeness (QED) is 0.338. The molecule has 0 aromatic heterocycles. The molecule has 4 heteroatoms. The van der Waals surface area contributed by atoms with Gasteiger partial charge in [-0.3, -0.25) is 0 Å². The molecule has 0 rings (SSSR count). The summed E-state index contributed by atoms with van der Waals surface area (Å²) < 4.78 is 9.16. The number of esters is 1. The standard InChI is InChI=1S/C7H11O3.2CH4.Y/c1-6(2)7(8)10-5-4-9-3;;;/h4H,1,5H2,2-3H3;2*1H4;/q-1;;;. The molecule has 13 heavy (non-hydrogen) atoms. The first-order valence-corrected chi connectivity index (χ1v) is 2.85. The van der Waals surface area contributed by atoms with E-state index in [0.29, 0.717) is 5.57 Å². The molecule has 0 saturated heterocycles. The maximum absolute atomic E-state index is 10.6. The molecule has 0 aliphatic carbocycles. The topological polar surface area (TPSA) is 35.5 Å². The normalized spacial score (nSPS) is 6.92. The second-order valence-electron chi connectivity index (χ2n) is 1.78. The van der Waals surface area contributed by atoms with Crippen LogP contribution in [0.4, 0.5) is 0 Å². The fraction of sp³-hybridized carbons (Fsp3) is 0.556. The zero-order valence-electron chi connectivity index (χ0n) is 6.79. The van der Waals surface area contributed by atoms with Crippen LogP contribution in [0.2, 0.25) is 0 Å². The molecule has 0 spiro atoms. The minimum Gasteiger partial charge on any atom is -0.551 e. The summed E-state index contributed by atoms with van der Waals surface area (Å²) in [6, 6.07) is 0. The van der Waals surface area contributed by atoms with E-state index in [9.17, 15) is 4.79 Å². The molecule has 0 atom stereocenters. The average Bonchev–Trinajstić information content (AvgIpc) is 1.88. The maximum atomic E-state index is 10.6. The first-order valence-electron chi connectivity index (χ1n) is 2.85. The zero-order valence-corrected chi connectivity index (χ0v) is 9.63. The van der Waals surface area contributed by atoms with Gasteiger partial charge in [-0.25, -0.2) is 4.79 Å². The van der Waals surface area contributed by atoms with Crippen molar-refractivity contribution in [3.8, 4) is 0 Å². The van der Waals surface area contributed by atoms with Crippen LogP contribution in [0.25, 0.3) is 0 Å². The Morgan fingerprint density at radius 2 is 1.92 bits per heavy atom. The molecule has 0 aromatic rings. The Bertz CT molecular complexity index is 135. The summed E-state index contributed by atoms with van der Waals surface area (Å²) in [5.41, 5.74) is 0.393. The fourth-order valence-electron chi connectivity index (χ4n) is 0.301. The van der Waals surface area contributed by atoms with Crippen molar-refractivity contribution in [2.75, 3.05) is 13.7 Å². The molecule has 0 fully saturated rings. The van der Waals surface area contributed by atoms with Crippen LogP contribution < -0.4 is 0 Å². The van der Waals surface area contributed by atoms with E-state index < -0.39 is 5.97 Å². The molecule has 0 unspecified atom stereocenters. The van der Waals surface area contributed by atoms with E-state index in [1.165, 1.54) is 13.7 Å². The van der Waals surface area contributed by atoms with Gasteiger partial charge in [-0.2, -0.15) is 6.61 Å². The Hall–Kier alpha value is 0.274. The van der Waals surface area contributed by atoms with Gasteiger partial charge >= 0.3 is 5.97 Å². The van der Waals surface area contributed by atoms with Gasteiger partial charge in [0, 0.05) is 38.3 Å². The summed E-state index contributed by atoms with van der Waals surface area (Å²) in [5.74, 6) is -0.395. The number of ether oxygens (including phenoxy) is 2. The zero-order chi connectivity index (χ0) is 7.98. The Morgan fingerprint density at radius 1 is 1.46 bits per heavy atom. The second-order valence-corrected chi connectivity index (χ2v) is 1.78. The minimum absolute atomic E-state index is 0. The van der Waals surface area contributed by atoms with Crippen molar-refractivity contribution in [3.05, 3.63) is 18.8 Å². The summed E-state index contributed by atoms with van der Waals surface area (Å²) in [6.45, 7) is 6.56. The molecular weight excluding hydrogens is 245 g/mol. The minimum atomic E-state index is -0.395. The summed E-state index contributed by atoms with van der Waals surface area (Å²) in [5, 5.41) is 0. The van der Waals surface area contributed by atoms with Gasteiger partial charge in [-0.05, 0) is 20.6 Å². The Labute approximate surface area is 107 Å². The first kappa shape index (κ1) is 23.3. The van der Waals surface area contributed by atoms with Crippen molar-refractivity contribution < 1.29 is 47.0 Å². The Balaban J connectivity index is -0.000000135. The number of hydrogen-bond acceptors (Lipinski definition) is 3. The predicted octanol–water partition coefficient (Wildman–Crippen LogP) is 2.18. The van der Waals surface area contributed by atoms with Crippen LogP contribution in [-0.2, 0) is 47.0 Å². The van der Waals surface area contributed by atoms with E-state index >= 15 is 0 Å². The van der Waals surface area contributed by atoms with Crippen molar-refractivity contribution in [1.29, 1.82) is 0 Å². The van der Waals surface area contributed by atoms with Gasteiger partial charge in [-0.1, -0.05) is 21.4 Å². The summed E-state index contributed by atoms with van der Waals surface area (Å²) >= 11 is 0. The van der Waals surface area contributed by atoms with E-state index in [4.69, 9.17) is 0 Å². The SMILES string of the molecule is C.C.C=C(C)C(=O)OC[CH-]OC.[Y]. The second kappa shape index (κ2) is 14.8. The van der Waals surface area contributed by atoms with Crippen molar-refractivity contribution in [1.82, 2.24) is 0 Å². The molecule has 77 valence electrons. The third-order valence-corrected chi connectivity index (χ3v) is 0.798. The third kappa shape index (κ3) is 15.1. The van der Waals surface area contributed by atoms with Gasteiger partial charge in [0.15, 0.2) is 0 Å². The van der Waals surface area contributed by atoms with Crippen molar-refractivity contribution in [2.45, 2.75) is 21.8 Å². The summed E-state index contributed by atoms with van der Waals surface area (Å²) in [6.07, 6.45) is 0. The van der Waals surface area contributed by atoms with Crippen LogP contribution >= 0.6 is 0 Å². The van der Waals surface area contributed by atoms with Gasteiger partial charge in [0.2, 0.25) is 0 Å². The number of hydrogen-bond donors (Lipinski definition) is 0. The Morgan fingerprint density at radius 3 is 2.23 bits per heavy atom. The number of carbonyl (C=O) groups excluding carboxylic acids is 1. The van der Waals surface area contributed by atoms with E-state index in [1.807, 2.05) is 0 Å². The van der Waals surface area contributed by atoms with Crippen LogP contribution in [0.1, 0.15) is 21.8 Å². The van der Waals surface area contributed by atoms with Crippen LogP contribution in [0.5, 0.6) is 0 Å². The van der Waals surface area contributed by atoms with Crippen LogP contribution in [-0.4, -0.2) is 19.7 Å². The van der Waals surface area contributed by atoms with E-state index in [1.54, 1.807) is 6.92 Å². The number of rotatable bonds is 4. The molecular formula is C9H19O3Y-. The van der Waals surface area contributed by atoms with Crippen LogP contribution in [0, 0.1) is 6.61 Å². The van der Waals surface area contributed by atoms with Gasteiger partial charge in [0.1, 0.15) is 0 Å². The number of carbonyl (C=O) groups is 1. The van der Waals surface area contributed by atoms with Gasteiger partial charge in [0.05, 0.1) is 0 Å². The van der Waals surface area contributed by atoms with E-state index in [2.05, 4.69) is 16.1 Å². The largest absolute Gasteiger partial charge is 0.551 e. The molecule has 0 amide bonds. The van der Waals surface area contributed by atoms with Crippen molar-refractivity contribution >= 4 is 5.97 Å². The molecule has 0 aliphatic rings. The molecule has 3 nitrogen and oxygen atoms in total. The first-order chi connectivity index (χ1) is 4.68. The van der Waals surface area contributed by atoms with Gasteiger partial charge < -0.3 is 9.47 Å². The summed E-state index contributed by atoms with van der Waals surface area (Å²) in [4.78, 5) is 10.6. The van der Waals surface area contributed by atoms with Gasteiger partial charge in [0.25, 0.3) is 0 Å². The maximum Gasteiger partial charge on any atom is 0.330 e. The van der Waals surface area contributed by atoms with Crippen LogP contribution in [0.3, 0.4) is 0 Å². The third-order valence-electron chi connectivity index (χ3n) is 0.798. The molecule has 0 aromatic carbocycles. The monoisotopic (exact) mass is 264 g/mol. The predicted molar refractivity (Wildman–Crippen MR) is 50.5 cm³/mol. The molecule has 0 N–H and O–H groups in total. The van der Waals surface area contributed by atoms with Gasteiger partial charge in [-0.15, -0.1) is 0 Å². The summed E-state index contributed by atoms with van der Waals surface area (Å²) in [7, 11) is 1.49. The molecule has 0 heterocycles. The molecule has 0 saturated carbocycles. The average molecular weight is 264 g/mol. The van der Waals surface area contributed by atoms with Crippen molar-refractivity contribution in [2.24, 2.45) is 0 Å². The van der Waals surface area contributed by atoms with Crippen molar-refractivity contribution in [3.63, 3.8) is 0 Å². The van der Waals surface area contributed by atoms with Crippen LogP contribution in [0.15, 0.2) is 12.2 Å². The van der Waals surface area contributed by atoms with E-state index in [-0.39, 0.29) is 54.2 Å². The Kier molecular flexibility index (Phi) is 26.4. The van der Waals surface area contributed by atoms with E-state index in [0.717, 1.165) is 0 Å². The number of methoxy groups -OCH3 is 1. The molecule has 0 aliphatic heterocycles. The smallest absolute Gasteiger partial charge is 0.330 e. The molecule has 1 radical (unpaired) electrons. The molecule has 0 bridgehead atoms. The fourth-order valence-corrected chi connectivity index (χ4v) is 0.301.